The molecule has 1 aromatic carbocycles. The van der Waals surface area contributed by atoms with Crippen LogP contribution < -0.4 is 5.73 Å². The summed E-state index contributed by atoms with van der Waals surface area (Å²) in [6.07, 6.45) is 0. The lowest BCUT2D eigenvalue weighted by Gasteiger charge is -2.10. The summed E-state index contributed by atoms with van der Waals surface area (Å²) in [7, 11) is 0. The summed E-state index contributed by atoms with van der Waals surface area (Å²) in [6.45, 7) is 4.96. The summed E-state index contributed by atoms with van der Waals surface area (Å²) >= 11 is 0. The minimum atomic E-state index is 0.0134. The van der Waals surface area contributed by atoms with E-state index in [0.29, 0.717) is 5.75 Å². The van der Waals surface area contributed by atoms with Crippen molar-refractivity contribution >= 4 is 10.9 Å². The molecule has 3 nitrogen and oxygen atoms in total. The van der Waals surface area contributed by atoms with Crippen molar-refractivity contribution in [2.45, 2.75) is 26.4 Å². The number of aromatic nitrogens is 1. The monoisotopic (exact) mass is 204 g/mol. The molecule has 2 rings (SSSR count). The molecule has 1 heterocycles. The van der Waals surface area contributed by atoms with Crippen LogP contribution in [0.4, 0.5) is 0 Å². The Labute approximate surface area is 89.1 Å². The maximum atomic E-state index is 9.40. The molecule has 0 saturated heterocycles. The highest BCUT2D eigenvalue weighted by molar-refractivity contribution is 5.83. The topological polar surface area (TPSA) is 51.2 Å². The third-order valence-electron chi connectivity index (χ3n) is 2.70. The van der Waals surface area contributed by atoms with E-state index < -0.39 is 0 Å². The van der Waals surface area contributed by atoms with Crippen molar-refractivity contribution in [3.63, 3.8) is 0 Å². The Morgan fingerprint density at radius 1 is 1.40 bits per heavy atom. The normalized spacial score (nSPS) is 13.3. The number of phenols is 1. The molecular weight excluding hydrogens is 188 g/mol. The van der Waals surface area contributed by atoms with Crippen molar-refractivity contribution < 1.29 is 5.11 Å². The summed E-state index contributed by atoms with van der Waals surface area (Å²) < 4.78 is 2.18. The standard InChI is InChI=1S/C12H16N2O/c1-3-14-11-5-4-10(15)6-9(11)7-12(14)8(2)13/h4-8,15H,3,13H2,1-2H3. The Hall–Kier alpha value is -1.48. The van der Waals surface area contributed by atoms with E-state index in [4.69, 9.17) is 5.73 Å². The summed E-state index contributed by atoms with van der Waals surface area (Å²) in [4.78, 5) is 0. The van der Waals surface area contributed by atoms with Crippen molar-refractivity contribution in [2.75, 3.05) is 0 Å². The van der Waals surface area contributed by atoms with Gasteiger partial charge in [-0.25, -0.2) is 0 Å². The largest absolute Gasteiger partial charge is 0.508 e. The number of nitrogens with two attached hydrogens (primary N) is 1. The number of nitrogens with zero attached hydrogens (tertiary/aromatic N) is 1. The number of aryl methyl sites for hydroxylation is 1. The van der Waals surface area contributed by atoms with Crippen LogP contribution in [0.5, 0.6) is 5.75 Å². The van der Waals surface area contributed by atoms with Crippen molar-refractivity contribution in [1.82, 2.24) is 4.57 Å². The zero-order valence-corrected chi connectivity index (χ0v) is 9.07. The molecule has 0 fully saturated rings. The Bertz CT molecular complexity index is 486. The maximum absolute atomic E-state index is 9.40. The third kappa shape index (κ3) is 1.59. The average molecular weight is 204 g/mol. The quantitative estimate of drug-likeness (QED) is 0.789. The Balaban J connectivity index is 2.73. The number of hydrogen-bond donors (Lipinski definition) is 2. The number of fused-ring (bicyclic) bond motifs is 1. The molecule has 0 spiro atoms. The van der Waals surface area contributed by atoms with E-state index in [1.165, 1.54) is 0 Å². The highest BCUT2D eigenvalue weighted by atomic mass is 16.3. The summed E-state index contributed by atoms with van der Waals surface area (Å²) in [5, 5.41) is 10.4. The fourth-order valence-corrected chi connectivity index (χ4v) is 2.01. The fourth-order valence-electron chi connectivity index (χ4n) is 2.01. The van der Waals surface area contributed by atoms with Gasteiger partial charge in [0.2, 0.25) is 0 Å². The summed E-state index contributed by atoms with van der Waals surface area (Å²) in [6, 6.07) is 7.47. The molecule has 0 bridgehead atoms. The van der Waals surface area contributed by atoms with E-state index in [0.717, 1.165) is 23.1 Å². The lowest BCUT2D eigenvalue weighted by molar-refractivity contribution is 0.476. The Morgan fingerprint density at radius 3 is 2.73 bits per heavy atom. The number of aromatic hydroxyl groups is 1. The van der Waals surface area contributed by atoms with Crippen molar-refractivity contribution in [3.8, 4) is 5.75 Å². The van der Waals surface area contributed by atoms with Crippen LogP contribution in [0.3, 0.4) is 0 Å². The van der Waals surface area contributed by atoms with E-state index in [2.05, 4.69) is 11.5 Å². The van der Waals surface area contributed by atoms with Crippen LogP contribution in [0, 0.1) is 0 Å². The molecule has 15 heavy (non-hydrogen) atoms. The first-order valence-corrected chi connectivity index (χ1v) is 5.21. The predicted octanol–water partition coefficient (Wildman–Crippen LogP) is 2.39. The first-order chi connectivity index (χ1) is 7.13. The van der Waals surface area contributed by atoms with Gasteiger partial charge in [0.15, 0.2) is 0 Å². The second-order valence-corrected chi connectivity index (χ2v) is 3.85. The van der Waals surface area contributed by atoms with Gasteiger partial charge < -0.3 is 15.4 Å². The molecule has 1 atom stereocenters. The first-order valence-electron chi connectivity index (χ1n) is 5.21. The number of hydrogen-bond acceptors (Lipinski definition) is 2. The average Bonchev–Trinajstić information content (AvgIpc) is 2.55. The molecule has 3 N–H and O–H groups in total. The van der Waals surface area contributed by atoms with E-state index in [9.17, 15) is 5.11 Å². The van der Waals surface area contributed by atoms with Gasteiger partial charge in [0.25, 0.3) is 0 Å². The van der Waals surface area contributed by atoms with E-state index in [-0.39, 0.29) is 6.04 Å². The third-order valence-corrected chi connectivity index (χ3v) is 2.70. The van der Waals surface area contributed by atoms with Crippen LogP contribution >= 0.6 is 0 Å². The van der Waals surface area contributed by atoms with Crippen LogP contribution in [0.15, 0.2) is 24.3 Å². The van der Waals surface area contributed by atoms with E-state index >= 15 is 0 Å². The lowest BCUT2D eigenvalue weighted by Crippen LogP contribution is -2.11. The van der Waals surface area contributed by atoms with Gasteiger partial charge in [-0.1, -0.05) is 0 Å². The molecular formula is C12H16N2O. The minimum Gasteiger partial charge on any atom is -0.508 e. The zero-order chi connectivity index (χ0) is 11.0. The lowest BCUT2D eigenvalue weighted by atomic mass is 10.2. The van der Waals surface area contributed by atoms with Gasteiger partial charge in [-0.2, -0.15) is 0 Å². The van der Waals surface area contributed by atoms with Gasteiger partial charge in [-0.15, -0.1) is 0 Å². The highest BCUT2D eigenvalue weighted by Gasteiger charge is 2.10. The maximum Gasteiger partial charge on any atom is 0.116 e. The van der Waals surface area contributed by atoms with Gasteiger partial charge >= 0.3 is 0 Å². The SMILES string of the molecule is CCn1c(C(C)N)cc2cc(O)ccc21. The molecule has 3 heteroatoms. The fraction of sp³-hybridized carbons (Fsp3) is 0.333. The molecule has 1 unspecified atom stereocenters. The summed E-state index contributed by atoms with van der Waals surface area (Å²) in [5.41, 5.74) is 8.15. The number of phenolic OH excluding ortho intramolecular Hbond substituents is 1. The molecule has 1 aromatic heterocycles. The molecule has 80 valence electrons. The smallest absolute Gasteiger partial charge is 0.116 e. The van der Waals surface area contributed by atoms with Crippen LogP contribution in [-0.2, 0) is 6.54 Å². The molecule has 0 radical (unpaired) electrons. The van der Waals surface area contributed by atoms with Gasteiger partial charge in [-0.05, 0) is 38.1 Å². The van der Waals surface area contributed by atoms with Crippen molar-refractivity contribution in [2.24, 2.45) is 5.73 Å². The zero-order valence-electron chi connectivity index (χ0n) is 9.07. The van der Waals surface area contributed by atoms with E-state index in [1.54, 1.807) is 12.1 Å². The van der Waals surface area contributed by atoms with Gasteiger partial charge in [0.1, 0.15) is 5.75 Å². The Kier molecular flexibility index (Phi) is 2.40. The first kappa shape index (κ1) is 10.1. The second kappa shape index (κ2) is 3.59. The van der Waals surface area contributed by atoms with Gasteiger partial charge in [0.05, 0.1) is 0 Å². The molecule has 0 saturated carbocycles. The van der Waals surface area contributed by atoms with Gasteiger partial charge in [-0.3, -0.25) is 0 Å². The van der Waals surface area contributed by atoms with Crippen molar-refractivity contribution in [3.05, 3.63) is 30.0 Å². The molecule has 2 aromatic rings. The number of rotatable bonds is 2. The molecule has 0 amide bonds. The molecule has 0 aliphatic heterocycles. The molecule has 0 aliphatic carbocycles. The van der Waals surface area contributed by atoms with Crippen molar-refractivity contribution in [1.29, 1.82) is 0 Å². The van der Waals surface area contributed by atoms with Crippen LogP contribution in [0.25, 0.3) is 10.9 Å². The van der Waals surface area contributed by atoms with Crippen LogP contribution in [0.1, 0.15) is 25.6 Å². The van der Waals surface area contributed by atoms with E-state index in [1.807, 2.05) is 19.1 Å². The van der Waals surface area contributed by atoms with Gasteiger partial charge in [0, 0.05) is 29.2 Å². The second-order valence-electron chi connectivity index (χ2n) is 3.85. The highest BCUT2D eigenvalue weighted by Crippen LogP contribution is 2.26. The van der Waals surface area contributed by atoms with Crippen LogP contribution in [-0.4, -0.2) is 9.67 Å². The minimum absolute atomic E-state index is 0.0134. The molecule has 0 aliphatic rings. The predicted molar refractivity (Wildman–Crippen MR) is 61.9 cm³/mol. The number of benzene rings is 1. The van der Waals surface area contributed by atoms with Crippen LogP contribution in [0.2, 0.25) is 0 Å². The summed E-state index contributed by atoms with van der Waals surface area (Å²) in [5.74, 6) is 0.298. The Morgan fingerprint density at radius 2 is 2.13 bits per heavy atom.